The number of anilines is 1. The Labute approximate surface area is 147 Å². The summed E-state index contributed by atoms with van der Waals surface area (Å²) in [6.07, 6.45) is 4.51. The topological polar surface area (TPSA) is 75.7 Å². The second kappa shape index (κ2) is 7.68. The molecule has 0 radical (unpaired) electrons. The standard InChI is InChI=1S/C19H24N2O4/c1-13(18(23)21-10-4-2-3-5-11-21)25-19(24)15-6-8-16-14(12-15)7-9-17(22)20-16/h6,8,12-13H,2-5,7,9-11H2,1H3,(H,20,22)/t13-/m1/s1. The van der Waals surface area contributed by atoms with E-state index in [-0.39, 0.29) is 11.8 Å². The summed E-state index contributed by atoms with van der Waals surface area (Å²) in [5, 5.41) is 2.78. The van der Waals surface area contributed by atoms with Crippen LogP contribution >= 0.6 is 0 Å². The van der Waals surface area contributed by atoms with Crippen molar-refractivity contribution in [1.29, 1.82) is 0 Å². The molecule has 6 heteroatoms. The van der Waals surface area contributed by atoms with E-state index in [0.29, 0.717) is 18.4 Å². The van der Waals surface area contributed by atoms with Crippen molar-refractivity contribution >= 4 is 23.5 Å². The molecule has 2 aliphatic heterocycles. The van der Waals surface area contributed by atoms with E-state index in [4.69, 9.17) is 4.74 Å². The molecule has 0 aromatic heterocycles. The molecular formula is C19H24N2O4. The average Bonchev–Trinajstić information content (AvgIpc) is 2.89. The number of carbonyl (C=O) groups excluding carboxylic acids is 3. The summed E-state index contributed by atoms with van der Waals surface area (Å²) in [7, 11) is 0. The van der Waals surface area contributed by atoms with Crippen molar-refractivity contribution in [3.63, 3.8) is 0 Å². The number of benzene rings is 1. The second-order valence-corrected chi connectivity index (χ2v) is 6.71. The Kier molecular flexibility index (Phi) is 5.36. The number of hydrogen-bond acceptors (Lipinski definition) is 4. The fourth-order valence-electron chi connectivity index (χ4n) is 3.34. The molecule has 0 unspecified atom stereocenters. The minimum Gasteiger partial charge on any atom is -0.449 e. The second-order valence-electron chi connectivity index (χ2n) is 6.71. The maximum Gasteiger partial charge on any atom is 0.338 e. The SMILES string of the molecule is C[C@@H](OC(=O)c1ccc2c(c1)CCC(=O)N2)C(=O)N1CCCCCC1. The summed E-state index contributed by atoms with van der Waals surface area (Å²) in [6, 6.07) is 5.07. The summed E-state index contributed by atoms with van der Waals surface area (Å²) < 4.78 is 5.39. The maximum absolute atomic E-state index is 12.5. The highest BCUT2D eigenvalue weighted by molar-refractivity contribution is 5.96. The highest BCUT2D eigenvalue weighted by Gasteiger charge is 2.25. The van der Waals surface area contributed by atoms with Crippen LogP contribution in [-0.2, 0) is 20.7 Å². The fraction of sp³-hybridized carbons (Fsp3) is 0.526. The molecule has 25 heavy (non-hydrogen) atoms. The first-order chi connectivity index (χ1) is 12.0. The van der Waals surface area contributed by atoms with Crippen LogP contribution < -0.4 is 5.32 Å². The predicted octanol–water partition coefficient (Wildman–Crippen LogP) is 2.52. The van der Waals surface area contributed by atoms with Gasteiger partial charge in [0, 0.05) is 25.2 Å². The number of hydrogen-bond donors (Lipinski definition) is 1. The third kappa shape index (κ3) is 4.18. The maximum atomic E-state index is 12.5. The number of nitrogens with one attached hydrogen (secondary N) is 1. The van der Waals surface area contributed by atoms with Gasteiger partial charge in [0.25, 0.3) is 5.91 Å². The lowest BCUT2D eigenvalue weighted by atomic mass is 10.0. The van der Waals surface area contributed by atoms with Crippen molar-refractivity contribution < 1.29 is 19.1 Å². The molecule has 1 aromatic rings. The van der Waals surface area contributed by atoms with Gasteiger partial charge in [-0.25, -0.2) is 4.79 Å². The number of likely N-dealkylation sites (tertiary alicyclic amines) is 1. The zero-order valence-corrected chi connectivity index (χ0v) is 14.5. The number of ether oxygens (including phenoxy) is 1. The van der Waals surface area contributed by atoms with Crippen molar-refractivity contribution in [3.05, 3.63) is 29.3 Å². The van der Waals surface area contributed by atoms with E-state index in [1.54, 1.807) is 30.0 Å². The van der Waals surface area contributed by atoms with Gasteiger partial charge < -0.3 is 15.0 Å². The van der Waals surface area contributed by atoms with E-state index in [9.17, 15) is 14.4 Å². The highest BCUT2D eigenvalue weighted by atomic mass is 16.5. The lowest BCUT2D eigenvalue weighted by Gasteiger charge is -2.24. The zero-order chi connectivity index (χ0) is 17.8. The Balaban J connectivity index is 1.63. The third-order valence-electron chi connectivity index (χ3n) is 4.79. The molecule has 0 aliphatic carbocycles. The summed E-state index contributed by atoms with van der Waals surface area (Å²) in [5.74, 6) is -0.643. The van der Waals surface area contributed by atoms with Crippen LogP contribution in [-0.4, -0.2) is 41.9 Å². The number of carbonyl (C=O) groups is 3. The van der Waals surface area contributed by atoms with Crippen LogP contribution in [0.2, 0.25) is 0 Å². The lowest BCUT2D eigenvalue weighted by Crippen LogP contribution is -2.40. The quantitative estimate of drug-likeness (QED) is 0.855. The Bertz CT molecular complexity index is 678. The number of nitrogens with zero attached hydrogens (tertiary/aromatic N) is 1. The van der Waals surface area contributed by atoms with Gasteiger partial charge in [-0.05, 0) is 49.9 Å². The van der Waals surface area contributed by atoms with Gasteiger partial charge in [-0.15, -0.1) is 0 Å². The van der Waals surface area contributed by atoms with Crippen molar-refractivity contribution in [3.8, 4) is 0 Å². The first kappa shape index (κ1) is 17.5. The van der Waals surface area contributed by atoms with E-state index in [1.165, 1.54) is 0 Å². The average molecular weight is 344 g/mol. The summed E-state index contributed by atoms with van der Waals surface area (Å²) in [6.45, 7) is 3.10. The molecule has 1 aromatic carbocycles. The first-order valence-corrected chi connectivity index (χ1v) is 8.97. The fourth-order valence-corrected chi connectivity index (χ4v) is 3.34. The van der Waals surface area contributed by atoms with Crippen LogP contribution in [0.1, 0.15) is 54.9 Å². The summed E-state index contributed by atoms with van der Waals surface area (Å²) >= 11 is 0. The van der Waals surface area contributed by atoms with Crippen LogP contribution in [0.15, 0.2) is 18.2 Å². The minimum absolute atomic E-state index is 0.0144. The van der Waals surface area contributed by atoms with E-state index in [2.05, 4.69) is 5.32 Å². The molecule has 1 N–H and O–H groups in total. The molecule has 2 aliphatic rings. The van der Waals surface area contributed by atoms with Gasteiger partial charge in [0.1, 0.15) is 0 Å². The Morgan fingerprint density at radius 1 is 1.12 bits per heavy atom. The summed E-state index contributed by atoms with van der Waals surface area (Å²) in [5.41, 5.74) is 2.06. The molecule has 1 atom stereocenters. The van der Waals surface area contributed by atoms with Crippen LogP contribution in [0.25, 0.3) is 0 Å². The van der Waals surface area contributed by atoms with Crippen molar-refractivity contribution in [2.45, 2.75) is 51.6 Å². The molecule has 134 valence electrons. The van der Waals surface area contributed by atoms with Crippen molar-refractivity contribution in [2.24, 2.45) is 0 Å². The molecule has 0 spiro atoms. The molecule has 6 nitrogen and oxygen atoms in total. The van der Waals surface area contributed by atoms with Crippen LogP contribution in [0, 0.1) is 0 Å². The monoisotopic (exact) mass is 344 g/mol. The first-order valence-electron chi connectivity index (χ1n) is 8.97. The zero-order valence-electron chi connectivity index (χ0n) is 14.5. The molecule has 3 rings (SSSR count). The smallest absolute Gasteiger partial charge is 0.338 e. The molecule has 0 saturated carbocycles. The lowest BCUT2D eigenvalue weighted by molar-refractivity contribution is -0.139. The van der Waals surface area contributed by atoms with Gasteiger partial charge in [-0.2, -0.15) is 0 Å². The number of fused-ring (bicyclic) bond motifs is 1. The Hall–Kier alpha value is -2.37. The molecular weight excluding hydrogens is 320 g/mol. The van der Waals surface area contributed by atoms with Gasteiger partial charge in [0.2, 0.25) is 5.91 Å². The van der Waals surface area contributed by atoms with Crippen molar-refractivity contribution in [1.82, 2.24) is 4.90 Å². The van der Waals surface area contributed by atoms with Gasteiger partial charge in [-0.1, -0.05) is 12.8 Å². The number of aryl methyl sites for hydroxylation is 1. The van der Waals surface area contributed by atoms with Crippen molar-refractivity contribution in [2.75, 3.05) is 18.4 Å². The van der Waals surface area contributed by atoms with Crippen LogP contribution in [0.3, 0.4) is 0 Å². The largest absolute Gasteiger partial charge is 0.449 e. The molecule has 1 fully saturated rings. The van der Waals surface area contributed by atoms with Gasteiger partial charge in [-0.3, -0.25) is 9.59 Å². The van der Waals surface area contributed by atoms with E-state index >= 15 is 0 Å². The normalized spacial score (nSPS) is 18.6. The van der Waals surface area contributed by atoms with Crippen LogP contribution in [0.4, 0.5) is 5.69 Å². The predicted molar refractivity (Wildman–Crippen MR) is 93.3 cm³/mol. The highest BCUT2D eigenvalue weighted by Crippen LogP contribution is 2.24. The van der Waals surface area contributed by atoms with Gasteiger partial charge in [0.15, 0.2) is 6.10 Å². The number of amides is 2. The molecule has 1 saturated heterocycles. The Morgan fingerprint density at radius 3 is 2.56 bits per heavy atom. The van der Waals surface area contributed by atoms with Gasteiger partial charge >= 0.3 is 5.97 Å². The molecule has 2 heterocycles. The Morgan fingerprint density at radius 2 is 1.84 bits per heavy atom. The van der Waals surface area contributed by atoms with E-state index in [0.717, 1.165) is 50.0 Å². The van der Waals surface area contributed by atoms with E-state index in [1.807, 2.05) is 0 Å². The van der Waals surface area contributed by atoms with E-state index < -0.39 is 12.1 Å². The van der Waals surface area contributed by atoms with Crippen LogP contribution in [0.5, 0.6) is 0 Å². The molecule has 0 bridgehead atoms. The number of esters is 1. The number of rotatable bonds is 3. The van der Waals surface area contributed by atoms with Gasteiger partial charge in [0.05, 0.1) is 5.56 Å². The third-order valence-corrected chi connectivity index (χ3v) is 4.79. The molecule has 2 amide bonds. The summed E-state index contributed by atoms with van der Waals surface area (Å²) in [4.78, 5) is 38.1. The minimum atomic E-state index is -0.790.